The van der Waals surface area contributed by atoms with Gasteiger partial charge >= 0.3 is 0 Å². The van der Waals surface area contributed by atoms with E-state index in [1.54, 1.807) is 0 Å². The molecule has 0 bridgehead atoms. The van der Waals surface area contributed by atoms with Crippen molar-refractivity contribution in [2.45, 2.75) is 6.42 Å². The van der Waals surface area contributed by atoms with Gasteiger partial charge in [0.15, 0.2) is 0 Å². The predicted molar refractivity (Wildman–Crippen MR) is 56.9 cm³/mol. The van der Waals surface area contributed by atoms with E-state index in [2.05, 4.69) is 28.4 Å². The standard InChI is InChI=1S/C11H9N3O/c12-11-13-10(15-14-11)9-5-4-7-2-1-3-8(7)6-9/h1,3-6H,2H2,(H2,12,14). The summed E-state index contributed by atoms with van der Waals surface area (Å²) in [5, 5.41) is 3.56. The first-order valence-electron chi connectivity index (χ1n) is 4.72. The van der Waals surface area contributed by atoms with E-state index in [4.69, 9.17) is 10.3 Å². The van der Waals surface area contributed by atoms with Crippen LogP contribution in [0, 0.1) is 0 Å². The van der Waals surface area contributed by atoms with Gasteiger partial charge in [-0.2, -0.15) is 4.98 Å². The SMILES string of the molecule is Nc1noc(-c2ccc3c(c2)C=CC3)n1. The summed E-state index contributed by atoms with van der Waals surface area (Å²) >= 11 is 0. The Bertz CT molecular complexity index is 543. The molecule has 2 aromatic rings. The molecular formula is C11H9N3O. The summed E-state index contributed by atoms with van der Waals surface area (Å²) in [6.07, 6.45) is 5.23. The molecule has 0 saturated heterocycles. The molecule has 3 rings (SSSR count). The molecule has 1 aromatic heterocycles. The molecule has 0 atom stereocenters. The highest BCUT2D eigenvalue weighted by atomic mass is 16.5. The van der Waals surface area contributed by atoms with E-state index in [9.17, 15) is 0 Å². The minimum absolute atomic E-state index is 0.168. The second-order valence-electron chi connectivity index (χ2n) is 3.48. The molecule has 1 aliphatic carbocycles. The maximum atomic E-state index is 5.40. The van der Waals surface area contributed by atoms with Gasteiger partial charge in [0.25, 0.3) is 11.8 Å². The summed E-state index contributed by atoms with van der Waals surface area (Å²) in [5.41, 5.74) is 8.84. The molecule has 15 heavy (non-hydrogen) atoms. The molecule has 1 aliphatic rings. The van der Waals surface area contributed by atoms with Gasteiger partial charge in [0.1, 0.15) is 0 Å². The van der Waals surface area contributed by atoms with Crippen molar-refractivity contribution in [2.24, 2.45) is 0 Å². The fraction of sp³-hybridized carbons (Fsp3) is 0.0909. The van der Waals surface area contributed by atoms with Crippen LogP contribution in [0.2, 0.25) is 0 Å². The number of fused-ring (bicyclic) bond motifs is 1. The van der Waals surface area contributed by atoms with Crippen molar-refractivity contribution in [1.29, 1.82) is 0 Å². The van der Waals surface area contributed by atoms with E-state index >= 15 is 0 Å². The number of nitrogen functional groups attached to an aromatic ring is 1. The number of nitrogens with zero attached hydrogens (tertiary/aromatic N) is 2. The number of rotatable bonds is 1. The zero-order valence-electron chi connectivity index (χ0n) is 7.97. The Morgan fingerprint density at radius 3 is 3.07 bits per heavy atom. The van der Waals surface area contributed by atoms with Crippen LogP contribution in [0.1, 0.15) is 11.1 Å². The minimum atomic E-state index is 0.168. The van der Waals surface area contributed by atoms with Crippen LogP contribution in [0.25, 0.3) is 17.5 Å². The number of benzene rings is 1. The fourth-order valence-electron chi connectivity index (χ4n) is 1.73. The van der Waals surface area contributed by atoms with Crippen LogP contribution < -0.4 is 5.73 Å². The summed E-state index contributed by atoms with van der Waals surface area (Å²) < 4.78 is 5.00. The Kier molecular flexibility index (Phi) is 1.62. The van der Waals surface area contributed by atoms with Gasteiger partial charge in [-0.3, -0.25) is 0 Å². The van der Waals surface area contributed by atoms with Crippen molar-refractivity contribution in [3.8, 4) is 11.5 Å². The summed E-state index contributed by atoms with van der Waals surface area (Å²) in [4.78, 5) is 3.98. The quantitative estimate of drug-likeness (QED) is 0.761. The molecular weight excluding hydrogens is 190 g/mol. The number of aromatic nitrogens is 2. The van der Waals surface area contributed by atoms with E-state index in [0.717, 1.165) is 12.0 Å². The van der Waals surface area contributed by atoms with Crippen LogP contribution >= 0.6 is 0 Å². The molecule has 2 N–H and O–H groups in total. The van der Waals surface area contributed by atoms with Gasteiger partial charge in [0.2, 0.25) is 0 Å². The third-order valence-electron chi connectivity index (χ3n) is 2.47. The molecule has 74 valence electrons. The second kappa shape index (κ2) is 2.95. The maximum absolute atomic E-state index is 5.40. The molecule has 0 saturated carbocycles. The Morgan fingerprint density at radius 1 is 1.33 bits per heavy atom. The molecule has 1 aromatic carbocycles. The third-order valence-corrected chi connectivity index (χ3v) is 2.47. The third kappa shape index (κ3) is 1.30. The Balaban J connectivity index is 2.10. The summed E-state index contributed by atoms with van der Waals surface area (Å²) in [6.45, 7) is 0. The van der Waals surface area contributed by atoms with Crippen LogP contribution in [0.5, 0.6) is 0 Å². The van der Waals surface area contributed by atoms with E-state index in [-0.39, 0.29) is 5.95 Å². The van der Waals surface area contributed by atoms with Gasteiger partial charge in [-0.15, -0.1) is 0 Å². The molecule has 0 amide bonds. The van der Waals surface area contributed by atoms with E-state index in [1.165, 1.54) is 11.1 Å². The zero-order valence-corrected chi connectivity index (χ0v) is 7.97. The molecule has 0 aliphatic heterocycles. The van der Waals surface area contributed by atoms with Gasteiger partial charge in [-0.1, -0.05) is 18.2 Å². The Morgan fingerprint density at radius 2 is 2.27 bits per heavy atom. The van der Waals surface area contributed by atoms with Gasteiger partial charge in [-0.05, 0) is 34.8 Å². The number of hydrogen-bond acceptors (Lipinski definition) is 4. The molecule has 0 spiro atoms. The van der Waals surface area contributed by atoms with Crippen LogP contribution in [-0.4, -0.2) is 10.1 Å². The Labute approximate surface area is 86.4 Å². The number of anilines is 1. The van der Waals surface area contributed by atoms with Gasteiger partial charge in [0.05, 0.1) is 0 Å². The maximum Gasteiger partial charge on any atom is 0.261 e. The van der Waals surface area contributed by atoms with E-state index < -0.39 is 0 Å². The number of allylic oxidation sites excluding steroid dienone is 1. The molecule has 4 heteroatoms. The summed E-state index contributed by atoms with van der Waals surface area (Å²) in [5.74, 6) is 0.636. The summed E-state index contributed by atoms with van der Waals surface area (Å²) in [6, 6.07) is 6.08. The molecule has 0 unspecified atom stereocenters. The first kappa shape index (κ1) is 8.23. The lowest BCUT2D eigenvalue weighted by atomic mass is 10.1. The predicted octanol–water partition coefficient (Wildman–Crippen LogP) is 1.89. The summed E-state index contributed by atoms with van der Waals surface area (Å²) in [7, 11) is 0. The van der Waals surface area contributed by atoms with Crippen molar-refractivity contribution in [2.75, 3.05) is 5.73 Å². The van der Waals surface area contributed by atoms with Crippen molar-refractivity contribution < 1.29 is 4.52 Å². The Hall–Kier alpha value is -2.10. The van der Waals surface area contributed by atoms with Crippen LogP contribution in [0.3, 0.4) is 0 Å². The molecule has 1 heterocycles. The van der Waals surface area contributed by atoms with Crippen molar-refractivity contribution in [1.82, 2.24) is 10.1 Å². The monoisotopic (exact) mass is 199 g/mol. The first-order chi connectivity index (χ1) is 7.33. The van der Waals surface area contributed by atoms with Crippen LogP contribution in [0.15, 0.2) is 28.8 Å². The lowest BCUT2D eigenvalue weighted by molar-refractivity contribution is 0.433. The number of nitrogens with two attached hydrogens (primary N) is 1. The highest BCUT2D eigenvalue weighted by molar-refractivity contribution is 5.67. The zero-order chi connectivity index (χ0) is 10.3. The second-order valence-corrected chi connectivity index (χ2v) is 3.48. The molecule has 0 radical (unpaired) electrons. The van der Waals surface area contributed by atoms with Crippen molar-refractivity contribution >= 4 is 12.0 Å². The van der Waals surface area contributed by atoms with Gasteiger partial charge in [-0.25, -0.2) is 0 Å². The molecule has 4 nitrogen and oxygen atoms in total. The smallest absolute Gasteiger partial charge is 0.261 e. The lowest BCUT2D eigenvalue weighted by Crippen LogP contribution is -1.86. The van der Waals surface area contributed by atoms with E-state index in [1.807, 2.05) is 12.1 Å². The average molecular weight is 199 g/mol. The van der Waals surface area contributed by atoms with Crippen LogP contribution in [0.4, 0.5) is 5.95 Å². The normalized spacial score (nSPS) is 13.1. The fourth-order valence-corrected chi connectivity index (χ4v) is 1.73. The van der Waals surface area contributed by atoms with Crippen molar-refractivity contribution in [3.63, 3.8) is 0 Å². The van der Waals surface area contributed by atoms with Crippen molar-refractivity contribution in [3.05, 3.63) is 35.4 Å². The van der Waals surface area contributed by atoms with Gasteiger partial charge < -0.3 is 10.3 Å². The first-order valence-corrected chi connectivity index (χ1v) is 4.72. The highest BCUT2D eigenvalue weighted by Crippen LogP contribution is 2.25. The topological polar surface area (TPSA) is 64.9 Å². The minimum Gasteiger partial charge on any atom is -0.365 e. The largest absolute Gasteiger partial charge is 0.365 e. The van der Waals surface area contributed by atoms with Crippen LogP contribution in [-0.2, 0) is 6.42 Å². The average Bonchev–Trinajstić information content (AvgIpc) is 2.84. The van der Waals surface area contributed by atoms with Gasteiger partial charge in [0, 0.05) is 5.56 Å². The number of hydrogen-bond donors (Lipinski definition) is 1. The van der Waals surface area contributed by atoms with E-state index in [0.29, 0.717) is 5.89 Å². The highest BCUT2D eigenvalue weighted by Gasteiger charge is 2.10. The molecule has 0 fully saturated rings. The lowest BCUT2D eigenvalue weighted by Gasteiger charge is -1.99.